The standard InChI is InChI=1S/C6H6BrNO/c1-4-2-5(3-9)8-6(4)7/h2-3,8H,1H3. The molecule has 2 nitrogen and oxygen atoms in total. The van der Waals surface area contributed by atoms with E-state index in [2.05, 4.69) is 20.9 Å². The molecule has 0 aromatic carbocycles. The van der Waals surface area contributed by atoms with Crippen LogP contribution in [0, 0.1) is 6.92 Å². The Morgan fingerprint density at radius 3 is 2.67 bits per heavy atom. The van der Waals surface area contributed by atoms with Crippen molar-refractivity contribution >= 4 is 22.2 Å². The Kier molecular flexibility index (Phi) is 1.71. The average molecular weight is 188 g/mol. The maximum absolute atomic E-state index is 10.1. The van der Waals surface area contributed by atoms with Crippen molar-refractivity contribution in [3.63, 3.8) is 0 Å². The lowest BCUT2D eigenvalue weighted by molar-refractivity contribution is 0.111. The monoisotopic (exact) mass is 187 g/mol. The zero-order chi connectivity index (χ0) is 6.85. The highest BCUT2D eigenvalue weighted by Crippen LogP contribution is 2.14. The van der Waals surface area contributed by atoms with E-state index in [-0.39, 0.29) is 0 Å². The third kappa shape index (κ3) is 1.21. The molecule has 48 valence electrons. The van der Waals surface area contributed by atoms with Gasteiger partial charge in [0.15, 0.2) is 6.29 Å². The Morgan fingerprint density at radius 2 is 2.44 bits per heavy atom. The van der Waals surface area contributed by atoms with E-state index in [1.165, 1.54) is 0 Å². The van der Waals surface area contributed by atoms with Gasteiger partial charge in [-0.1, -0.05) is 0 Å². The van der Waals surface area contributed by atoms with Crippen LogP contribution in [0.1, 0.15) is 16.1 Å². The van der Waals surface area contributed by atoms with E-state index in [1.807, 2.05) is 6.92 Å². The molecular weight excluding hydrogens is 182 g/mol. The van der Waals surface area contributed by atoms with Crippen LogP contribution in [0.5, 0.6) is 0 Å². The Morgan fingerprint density at radius 1 is 1.78 bits per heavy atom. The van der Waals surface area contributed by atoms with Crippen LogP contribution in [0.3, 0.4) is 0 Å². The van der Waals surface area contributed by atoms with Crippen LogP contribution in [0.4, 0.5) is 0 Å². The molecule has 1 aromatic heterocycles. The van der Waals surface area contributed by atoms with Gasteiger partial charge >= 0.3 is 0 Å². The van der Waals surface area contributed by atoms with Gasteiger partial charge in [0.05, 0.1) is 10.3 Å². The number of aromatic nitrogens is 1. The molecule has 0 bridgehead atoms. The third-order valence-electron chi connectivity index (χ3n) is 1.10. The number of halogens is 1. The maximum Gasteiger partial charge on any atom is 0.166 e. The molecule has 0 aliphatic heterocycles. The highest BCUT2D eigenvalue weighted by molar-refractivity contribution is 9.10. The molecule has 1 N–H and O–H groups in total. The van der Waals surface area contributed by atoms with Crippen LogP contribution >= 0.6 is 15.9 Å². The number of carbonyl (C=O) groups is 1. The van der Waals surface area contributed by atoms with Gasteiger partial charge < -0.3 is 4.98 Å². The topological polar surface area (TPSA) is 32.9 Å². The first-order valence-electron chi connectivity index (χ1n) is 2.54. The van der Waals surface area contributed by atoms with Crippen molar-refractivity contribution in [2.24, 2.45) is 0 Å². The first-order chi connectivity index (χ1) is 4.24. The van der Waals surface area contributed by atoms with E-state index in [9.17, 15) is 4.79 Å². The second-order valence-corrected chi connectivity index (χ2v) is 2.63. The molecule has 0 saturated carbocycles. The van der Waals surface area contributed by atoms with Gasteiger partial charge in [-0.25, -0.2) is 0 Å². The summed E-state index contributed by atoms with van der Waals surface area (Å²) in [6.07, 6.45) is 0.789. The molecule has 3 heteroatoms. The van der Waals surface area contributed by atoms with E-state index in [0.717, 1.165) is 16.5 Å². The second-order valence-electron chi connectivity index (χ2n) is 1.84. The summed E-state index contributed by atoms with van der Waals surface area (Å²) in [5.74, 6) is 0. The lowest BCUT2D eigenvalue weighted by Crippen LogP contribution is -1.74. The number of nitrogens with one attached hydrogen (secondary N) is 1. The fraction of sp³-hybridized carbons (Fsp3) is 0.167. The van der Waals surface area contributed by atoms with Gasteiger partial charge in [0.2, 0.25) is 0 Å². The summed E-state index contributed by atoms with van der Waals surface area (Å²) in [5, 5.41) is 0. The summed E-state index contributed by atoms with van der Waals surface area (Å²) >= 11 is 3.24. The van der Waals surface area contributed by atoms with Gasteiger partial charge in [-0.2, -0.15) is 0 Å². The first-order valence-corrected chi connectivity index (χ1v) is 3.33. The first kappa shape index (κ1) is 6.55. The average Bonchev–Trinajstić information content (AvgIpc) is 2.13. The lowest BCUT2D eigenvalue weighted by Gasteiger charge is -1.79. The molecule has 0 unspecified atom stereocenters. The quantitative estimate of drug-likeness (QED) is 0.670. The number of hydrogen-bond donors (Lipinski definition) is 1. The fourth-order valence-electron chi connectivity index (χ4n) is 0.621. The van der Waals surface area contributed by atoms with Gasteiger partial charge in [0.25, 0.3) is 0 Å². The van der Waals surface area contributed by atoms with E-state index in [4.69, 9.17) is 0 Å². The van der Waals surface area contributed by atoms with Gasteiger partial charge in [-0.3, -0.25) is 4.79 Å². The normalized spacial score (nSPS) is 9.56. The molecule has 9 heavy (non-hydrogen) atoms. The summed E-state index contributed by atoms with van der Waals surface area (Å²) in [5.41, 5.74) is 1.66. The summed E-state index contributed by atoms with van der Waals surface area (Å²) < 4.78 is 0.879. The van der Waals surface area contributed by atoms with Gasteiger partial charge in [0.1, 0.15) is 0 Å². The molecular formula is C6H6BrNO. The molecule has 0 fully saturated rings. The Balaban J connectivity index is 3.11. The molecule has 0 saturated heterocycles. The minimum absolute atomic E-state index is 0.611. The molecule has 0 amide bonds. The summed E-state index contributed by atoms with van der Waals surface area (Å²) in [7, 11) is 0. The minimum atomic E-state index is 0.611. The third-order valence-corrected chi connectivity index (χ3v) is 1.92. The summed E-state index contributed by atoms with van der Waals surface area (Å²) in [6.45, 7) is 1.92. The smallest absolute Gasteiger partial charge is 0.166 e. The molecule has 0 radical (unpaired) electrons. The van der Waals surface area contributed by atoms with Gasteiger partial charge in [0, 0.05) is 0 Å². The molecule has 1 aromatic rings. The van der Waals surface area contributed by atoms with Crippen LogP contribution in [-0.4, -0.2) is 11.3 Å². The Labute approximate surface area is 61.4 Å². The highest BCUT2D eigenvalue weighted by atomic mass is 79.9. The fourth-order valence-corrected chi connectivity index (χ4v) is 0.965. The van der Waals surface area contributed by atoms with E-state index in [0.29, 0.717) is 5.69 Å². The molecule has 0 aliphatic rings. The number of H-pyrrole nitrogens is 1. The lowest BCUT2D eigenvalue weighted by atomic mass is 10.3. The van der Waals surface area contributed by atoms with Crippen LogP contribution in [0.2, 0.25) is 0 Å². The second kappa shape index (κ2) is 2.35. The molecule has 1 rings (SSSR count). The minimum Gasteiger partial charge on any atom is -0.347 e. The largest absolute Gasteiger partial charge is 0.347 e. The van der Waals surface area contributed by atoms with Crippen molar-refractivity contribution in [1.82, 2.24) is 4.98 Å². The number of rotatable bonds is 1. The number of aryl methyl sites for hydroxylation is 1. The number of aldehydes is 1. The molecule has 0 atom stereocenters. The van der Waals surface area contributed by atoms with Crippen molar-refractivity contribution in [3.05, 3.63) is 21.9 Å². The van der Waals surface area contributed by atoms with E-state index in [1.54, 1.807) is 6.07 Å². The van der Waals surface area contributed by atoms with Crippen molar-refractivity contribution in [2.75, 3.05) is 0 Å². The van der Waals surface area contributed by atoms with Gasteiger partial charge in [-0.15, -0.1) is 0 Å². The van der Waals surface area contributed by atoms with Gasteiger partial charge in [-0.05, 0) is 34.5 Å². The van der Waals surface area contributed by atoms with Crippen molar-refractivity contribution in [2.45, 2.75) is 6.92 Å². The van der Waals surface area contributed by atoms with E-state index < -0.39 is 0 Å². The molecule has 0 spiro atoms. The maximum atomic E-state index is 10.1. The Bertz CT molecular complexity index is 209. The van der Waals surface area contributed by atoms with Crippen LogP contribution in [0.15, 0.2) is 10.7 Å². The van der Waals surface area contributed by atoms with Crippen molar-refractivity contribution < 1.29 is 4.79 Å². The van der Waals surface area contributed by atoms with Crippen LogP contribution in [0.25, 0.3) is 0 Å². The zero-order valence-corrected chi connectivity index (χ0v) is 6.53. The molecule has 1 heterocycles. The van der Waals surface area contributed by atoms with Crippen molar-refractivity contribution in [3.8, 4) is 0 Å². The number of hydrogen-bond acceptors (Lipinski definition) is 1. The number of carbonyl (C=O) groups excluding carboxylic acids is 1. The van der Waals surface area contributed by atoms with E-state index >= 15 is 0 Å². The predicted molar refractivity (Wildman–Crippen MR) is 38.6 cm³/mol. The predicted octanol–water partition coefficient (Wildman–Crippen LogP) is 1.90. The Hall–Kier alpha value is -0.570. The summed E-state index contributed by atoms with van der Waals surface area (Å²) in [4.78, 5) is 13.0. The SMILES string of the molecule is Cc1cc(C=O)[nH]c1Br. The van der Waals surface area contributed by atoms with Crippen LogP contribution < -0.4 is 0 Å². The van der Waals surface area contributed by atoms with Crippen LogP contribution in [-0.2, 0) is 0 Å². The zero-order valence-electron chi connectivity index (χ0n) is 4.94. The number of aromatic amines is 1. The summed E-state index contributed by atoms with van der Waals surface area (Å²) in [6, 6.07) is 1.79. The molecule has 0 aliphatic carbocycles. The van der Waals surface area contributed by atoms with Crippen molar-refractivity contribution in [1.29, 1.82) is 0 Å². The highest BCUT2D eigenvalue weighted by Gasteiger charge is 1.97.